The lowest BCUT2D eigenvalue weighted by molar-refractivity contribution is -0.137. The fourth-order valence-corrected chi connectivity index (χ4v) is 2.53. The number of methoxy groups -OCH3 is 1. The lowest BCUT2D eigenvalue weighted by atomic mass is 9.96. The molecule has 0 aromatic rings. The lowest BCUT2D eigenvalue weighted by Crippen LogP contribution is -2.53. The molecule has 1 aliphatic rings. The van der Waals surface area contributed by atoms with E-state index in [1.165, 1.54) is 4.90 Å². The fraction of sp³-hybridized carbons (Fsp3) is 0.857. The minimum absolute atomic E-state index is 0.0263. The summed E-state index contributed by atoms with van der Waals surface area (Å²) in [6.07, 6.45) is 0.908. The Hall–Kier alpha value is -1.30. The first kappa shape index (κ1) is 16.8. The average molecular weight is 286 g/mol. The van der Waals surface area contributed by atoms with E-state index >= 15 is 0 Å². The molecular formula is C14H26N2O4. The van der Waals surface area contributed by atoms with Crippen molar-refractivity contribution >= 4 is 12.0 Å². The summed E-state index contributed by atoms with van der Waals surface area (Å²) < 4.78 is 5.40. The molecule has 1 heterocycles. The molecule has 0 saturated carbocycles. The first-order valence-corrected chi connectivity index (χ1v) is 7.13. The highest BCUT2D eigenvalue weighted by atomic mass is 16.5. The third-order valence-corrected chi connectivity index (χ3v) is 3.64. The molecule has 20 heavy (non-hydrogen) atoms. The molecule has 2 unspecified atom stereocenters. The third-order valence-electron chi connectivity index (χ3n) is 3.64. The number of urea groups is 1. The van der Waals surface area contributed by atoms with Crippen molar-refractivity contribution in [1.82, 2.24) is 9.80 Å². The lowest BCUT2D eigenvalue weighted by Gasteiger charge is -2.38. The quantitative estimate of drug-likeness (QED) is 0.831. The number of carbonyl (C=O) groups is 2. The van der Waals surface area contributed by atoms with Gasteiger partial charge in [-0.25, -0.2) is 4.79 Å². The van der Waals surface area contributed by atoms with Gasteiger partial charge in [-0.1, -0.05) is 20.8 Å². The number of rotatable bonds is 5. The van der Waals surface area contributed by atoms with Crippen LogP contribution in [0.2, 0.25) is 0 Å². The zero-order chi connectivity index (χ0) is 15.3. The highest BCUT2D eigenvalue weighted by molar-refractivity contribution is 5.80. The Morgan fingerprint density at radius 2 is 2.10 bits per heavy atom. The first-order chi connectivity index (χ1) is 9.35. The first-order valence-electron chi connectivity index (χ1n) is 7.13. The smallest absolute Gasteiger partial charge is 0.323 e. The largest absolute Gasteiger partial charge is 0.480 e. The molecular weight excluding hydrogens is 260 g/mol. The van der Waals surface area contributed by atoms with Gasteiger partial charge in [0.15, 0.2) is 0 Å². The van der Waals surface area contributed by atoms with Crippen molar-refractivity contribution in [1.29, 1.82) is 0 Å². The van der Waals surface area contributed by atoms with Gasteiger partial charge in [0.25, 0.3) is 0 Å². The van der Waals surface area contributed by atoms with Crippen LogP contribution in [0.25, 0.3) is 0 Å². The van der Waals surface area contributed by atoms with Crippen LogP contribution in [-0.2, 0) is 9.53 Å². The van der Waals surface area contributed by atoms with Crippen LogP contribution in [0.1, 0.15) is 27.2 Å². The third kappa shape index (κ3) is 4.67. The summed E-state index contributed by atoms with van der Waals surface area (Å²) in [5.74, 6) is -0.324. The average Bonchev–Trinajstić information content (AvgIpc) is 2.36. The number of ether oxygens (including phenoxy) is 1. The van der Waals surface area contributed by atoms with Crippen molar-refractivity contribution in [3.8, 4) is 0 Å². The van der Waals surface area contributed by atoms with Gasteiger partial charge in [0, 0.05) is 26.7 Å². The second kappa shape index (κ2) is 7.47. The van der Waals surface area contributed by atoms with E-state index < -0.39 is 5.97 Å². The van der Waals surface area contributed by atoms with Gasteiger partial charge < -0.3 is 19.6 Å². The maximum Gasteiger partial charge on any atom is 0.323 e. The van der Waals surface area contributed by atoms with E-state index in [9.17, 15) is 9.59 Å². The number of amides is 2. The predicted octanol–water partition coefficient (Wildman–Crippen LogP) is 1.51. The Labute approximate surface area is 120 Å². The number of aliphatic carboxylic acids is 1. The number of carbonyl (C=O) groups excluding carboxylic acids is 1. The molecule has 0 radical (unpaired) electrons. The number of carboxylic acid groups (broad SMARTS) is 1. The van der Waals surface area contributed by atoms with Gasteiger partial charge in [-0.15, -0.1) is 0 Å². The summed E-state index contributed by atoms with van der Waals surface area (Å²) in [5.41, 5.74) is 0. The van der Waals surface area contributed by atoms with Gasteiger partial charge in [-0.3, -0.25) is 4.79 Å². The molecule has 6 nitrogen and oxygen atoms in total. The SMILES string of the molecule is COC1CN(C(=O)N(CC(=O)O)CC(C)C)CCC1C. The zero-order valence-electron chi connectivity index (χ0n) is 12.8. The van der Waals surface area contributed by atoms with Gasteiger partial charge in [0.2, 0.25) is 0 Å². The molecule has 0 spiro atoms. The number of carboxylic acids is 1. The van der Waals surface area contributed by atoms with Crippen molar-refractivity contribution < 1.29 is 19.4 Å². The van der Waals surface area contributed by atoms with E-state index in [1.54, 1.807) is 12.0 Å². The summed E-state index contributed by atoms with van der Waals surface area (Å²) in [6.45, 7) is 7.45. The van der Waals surface area contributed by atoms with Gasteiger partial charge in [-0.2, -0.15) is 0 Å². The molecule has 1 N–H and O–H groups in total. The molecule has 1 rings (SSSR count). The topological polar surface area (TPSA) is 70.1 Å². The van der Waals surface area contributed by atoms with Gasteiger partial charge in [0.1, 0.15) is 6.54 Å². The highest BCUT2D eigenvalue weighted by Crippen LogP contribution is 2.20. The summed E-state index contributed by atoms with van der Waals surface area (Å²) in [4.78, 5) is 26.5. The second-order valence-corrected chi connectivity index (χ2v) is 5.94. The molecule has 1 aliphatic heterocycles. The minimum atomic E-state index is -0.979. The van der Waals surface area contributed by atoms with Crippen LogP contribution in [0.4, 0.5) is 4.79 Å². The van der Waals surface area contributed by atoms with E-state index in [0.717, 1.165) is 6.42 Å². The highest BCUT2D eigenvalue weighted by Gasteiger charge is 2.31. The van der Waals surface area contributed by atoms with Crippen molar-refractivity contribution in [3.63, 3.8) is 0 Å². The standard InChI is InChI=1S/C14H26N2O4/c1-10(2)7-16(9-13(17)18)14(19)15-6-5-11(3)12(8-15)20-4/h10-12H,5-9H2,1-4H3,(H,17,18). The summed E-state index contributed by atoms with van der Waals surface area (Å²) in [5, 5.41) is 8.95. The van der Waals surface area contributed by atoms with Crippen molar-refractivity contribution in [2.75, 3.05) is 33.3 Å². The molecule has 0 bridgehead atoms. The van der Waals surface area contributed by atoms with E-state index in [0.29, 0.717) is 25.6 Å². The van der Waals surface area contributed by atoms with Crippen LogP contribution < -0.4 is 0 Å². The van der Waals surface area contributed by atoms with Crippen LogP contribution in [0.3, 0.4) is 0 Å². The summed E-state index contributed by atoms with van der Waals surface area (Å²) in [6, 6.07) is -0.199. The normalized spacial score (nSPS) is 22.9. The van der Waals surface area contributed by atoms with Gasteiger partial charge in [0.05, 0.1) is 6.10 Å². The number of likely N-dealkylation sites (tertiary alicyclic amines) is 1. The molecule has 2 amide bonds. The Morgan fingerprint density at radius 1 is 1.45 bits per heavy atom. The van der Waals surface area contributed by atoms with E-state index in [-0.39, 0.29) is 24.6 Å². The fourth-order valence-electron chi connectivity index (χ4n) is 2.53. The number of hydrogen-bond acceptors (Lipinski definition) is 3. The van der Waals surface area contributed by atoms with E-state index in [1.807, 2.05) is 13.8 Å². The molecule has 116 valence electrons. The molecule has 1 saturated heterocycles. The number of hydrogen-bond donors (Lipinski definition) is 1. The van der Waals surface area contributed by atoms with E-state index in [2.05, 4.69) is 6.92 Å². The Morgan fingerprint density at radius 3 is 2.60 bits per heavy atom. The minimum Gasteiger partial charge on any atom is -0.480 e. The Balaban J connectivity index is 2.70. The van der Waals surface area contributed by atoms with Crippen LogP contribution in [0, 0.1) is 11.8 Å². The summed E-state index contributed by atoms with van der Waals surface area (Å²) >= 11 is 0. The molecule has 2 atom stereocenters. The monoisotopic (exact) mass is 286 g/mol. The zero-order valence-corrected chi connectivity index (χ0v) is 12.8. The second-order valence-electron chi connectivity index (χ2n) is 5.94. The maximum absolute atomic E-state index is 12.5. The van der Waals surface area contributed by atoms with Crippen molar-refractivity contribution in [2.45, 2.75) is 33.3 Å². The van der Waals surface area contributed by atoms with Crippen LogP contribution in [-0.4, -0.2) is 66.3 Å². The van der Waals surface area contributed by atoms with Crippen LogP contribution >= 0.6 is 0 Å². The van der Waals surface area contributed by atoms with Crippen molar-refractivity contribution in [2.24, 2.45) is 11.8 Å². The maximum atomic E-state index is 12.5. The van der Waals surface area contributed by atoms with Gasteiger partial charge >= 0.3 is 12.0 Å². The Kier molecular flexibility index (Phi) is 6.26. The molecule has 1 fully saturated rings. The number of nitrogens with zero attached hydrogens (tertiary/aromatic N) is 2. The molecule has 6 heteroatoms. The summed E-state index contributed by atoms with van der Waals surface area (Å²) in [7, 11) is 1.65. The van der Waals surface area contributed by atoms with Gasteiger partial charge in [-0.05, 0) is 18.3 Å². The van der Waals surface area contributed by atoms with E-state index in [4.69, 9.17) is 9.84 Å². The van der Waals surface area contributed by atoms with Crippen LogP contribution in [0.15, 0.2) is 0 Å². The molecule has 0 aromatic heterocycles. The molecule has 0 aromatic carbocycles. The van der Waals surface area contributed by atoms with Crippen molar-refractivity contribution in [3.05, 3.63) is 0 Å². The van der Waals surface area contributed by atoms with Crippen LogP contribution in [0.5, 0.6) is 0 Å². The number of piperidine rings is 1. The molecule has 0 aliphatic carbocycles. The predicted molar refractivity (Wildman–Crippen MR) is 75.6 cm³/mol. The Bertz CT molecular complexity index is 346.